The van der Waals surface area contributed by atoms with Crippen LogP contribution in [-0.2, 0) is 17.5 Å². The molecule has 2 heterocycles. The van der Waals surface area contributed by atoms with Crippen molar-refractivity contribution in [1.29, 1.82) is 0 Å². The molecular formula is C14H19N3O3S. The first kappa shape index (κ1) is 15.7. The number of amides is 1. The molecule has 0 aromatic carbocycles. The summed E-state index contributed by atoms with van der Waals surface area (Å²) in [5.41, 5.74) is 0. The number of aryl methyl sites for hydroxylation is 1. The van der Waals surface area contributed by atoms with E-state index in [9.17, 15) is 4.79 Å². The third kappa shape index (κ3) is 4.64. The van der Waals surface area contributed by atoms with Crippen LogP contribution < -0.4 is 5.32 Å². The van der Waals surface area contributed by atoms with Gasteiger partial charge in [-0.3, -0.25) is 4.79 Å². The van der Waals surface area contributed by atoms with E-state index in [0.29, 0.717) is 24.7 Å². The largest absolute Gasteiger partial charge is 0.455 e. The summed E-state index contributed by atoms with van der Waals surface area (Å²) >= 11 is 1.57. The topological polar surface area (TPSA) is 69.3 Å². The Hall–Kier alpha value is -1.73. The summed E-state index contributed by atoms with van der Waals surface area (Å²) in [7, 11) is 3.58. The van der Waals surface area contributed by atoms with Crippen molar-refractivity contribution in [3.8, 4) is 0 Å². The van der Waals surface area contributed by atoms with Gasteiger partial charge < -0.3 is 19.0 Å². The van der Waals surface area contributed by atoms with Crippen LogP contribution in [0.3, 0.4) is 0 Å². The van der Waals surface area contributed by atoms with Crippen LogP contribution in [0, 0.1) is 0 Å². The fraction of sp³-hybridized carbons (Fsp3) is 0.429. The molecule has 114 valence electrons. The second-order valence-corrected chi connectivity index (χ2v) is 5.42. The number of nitrogens with zero attached hydrogens (tertiary/aromatic N) is 2. The van der Waals surface area contributed by atoms with Crippen LogP contribution in [0.25, 0.3) is 0 Å². The number of furan rings is 1. The summed E-state index contributed by atoms with van der Waals surface area (Å²) in [6.07, 6.45) is 4.43. The zero-order chi connectivity index (χ0) is 15.1. The van der Waals surface area contributed by atoms with E-state index in [1.807, 2.05) is 23.9 Å². The number of imidazole rings is 1. The van der Waals surface area contributed by atoms with Gasteiger partial charge >= 0.3 is 0 Å². The minimum Gasteiger partial charge on any atom is -0.455 e. The Morgan fingerprint density at radius 3 is 3.10 bits per heavy atom. The average Bonchev–Trinajstić information content (AvgIpc) is 3.10. The van der Waals surface area contributed by atoms with Crippen LogP contribution in [0.15, 0.2) is 34.1 Å². The second-order valence-electron chi connectivity index (χ2n) is 4.48. The number of thioether (sulfide) groups is 1. The molecule has 1 N–H and O–H groups in total. The lowest BCUT2D eigenvalue weighted by Crippen LogP contribution is -2.24. The molecule has 2 aromatic heterocycles. The SMILES string of the molecule is COCCCNC(=O)c1ccc(CSc2nccn2C)o1. The number of rotatable bonds is 8. The highest BCUT2D eigenvalue weighted by Gasteiger charge is 2.11. The van der Waals surface area contributed by atoms with E-state index in [1.54, 1.807) is 31.1 Å². The van der Waals surface area contributed by atoms with Crippen molar-refractivity contribution in [2.45, 2.75) is 17.3 Å². The molecule has 0 saturated heterocycles. The Morgan fingerprint density at radius 1 is 1.52 bits per heavy atom. The van der Waals surface area contributed by atoms with E-state index in [2.05, 4.69) is 10.3 Å². The predicted octanol–water partition coefficient (Wildman–Crippen LogP) is 2.07. The van der Waals surface area contributed by atoms with Gasteiger partial charge in [-0.15, -0.1) is 0 Å². The van der Waals surface area contributed by atoms with Gasteiger partial charge in [-0.1, -0.05) is 11.8 Å². The van der Waals surface area contributed by atoms with E-state index >= 15 is 0 Å². The van der Waals surface area contributed by atoms with Crippen LogP contribution >= 0.6 is 11.8 Å². The van der Waals surface area contributed by atoms with Gasteiger partial charge in [0.15, 0.2) is 10.9 Å². The van der Waals surface area contributed by atoms with Gasteiger partial charge in [-0.05, 0) is 18.6 Å². The van der Waals surface area contributed by atoms with Gasteiger partial charge in [0.05, 0.1) is 5.75 Å². The molecule has 21 heavy (non-hydrogen) atoms. The van der Waals surface area contributed by atoms with Crippen molar-refractivity contribution in [2.24, 2.45) is 7.05 Å². The van der Waals surface area contributed by atoms with E-state index < -0.39 is 0 Å². The Labute approximate surface area is 127 Å². The molecule has 0 radical (unpaired) electrons. The average molecular weight is 309 g/mol. The number of nitrogens with one attached hydrogen (secondary N) is 1. The standard InChI is InChI=1S/C14H19N3O3S/c1-17-8-7-16-14(17)21-10-11-4-5-12(20-11)13(18)15-6-3-9-19-2/h4-5,7-8H,3,6,9-10H2,1-2H3,(H,15,18). The van der Waals surface area contributed by atoms with E-state index in [1.165, 1.54) is 0 Å². The van der Waals surface area contributed by atoms with Gasteiger partial charge in [-0.25, -0.2) is 4.98 Å². The summed E-state index contributed by atoms with van der Waals surface area (Å²) in [4.78, 5) is 16.1. The maximum Gasteiger partial charge on any atom is 0.286 e. The van der Waals surface area contributed by atoms with Crippen molar-refractivity contribution in [1.82, 2.24) is 14.9 Å². The van der Waals surface area contributed by atoms with Gasteiger partial charge in [0.2, 0.25) is 0 Å². The van der Waals surface area contributed by atoms with Crippen molar-refractivity contribution >= 4 is 17.7 Å². The van der Waals surface area contributed by atoms with Crippen LogP contribution in [0.5, 0.6) is 0 Å². The highest BCUT2D eigenvalue weighted by molar-refractivity contribution is 7.98. The van der Waals surface area contributed by atoms with Crippen LogP contribution in [0.2, 0.25) is 0 Å². The van der Waals surface area contributed by atoms with E-state index in [-0.39, 0.29) is 5.91 Å². The molecule has 0 fully saturated rings. The molecule has 1 amide bonds. The molecule has 0 spiro atoms. The molecule has 0 aliphatic rings. The van der Waals surface area contributed by atoms with Gasteiger partial charge in [-0.2, -0.15) is 0 Å². The minimum atomic E-state index is -0.195. The number of hydrogen-bond donors (Lipinski definition) is 1. The number of carbonyl (C=O) groups is 1. The molecule has 0 bridgehead atoms. The van der Waals surface area contributed by atoms with Crippen LogP contribution in [-0.4, -0.2) is 35.7 Å². The predicted molar refractivity (Wildman–Crippen MR) is 80.3 cm³/mol. The lowest BCUT2D eigenvalue weighted by atomic mass is 10.4. The molecule has 0 saturated carbocycles. The molecule has 0 aliphatic heterocycles. The molecule has 2 rings (SSSR count). The molecule has 2 aromatic rings. The van der Waals surface area contributed by atoms with Crippen LogP contribution in [0.4, 0.5) is 0 Å². The molecule has 6 nitrogen and oxygen atoms in total. The molecule has 0 atom stereocenters. The number of methoxy groups -OCH3 is 1. The number of hydrogen-bond acceptors (Lipinski definition) is 5. The van der Waals surface area contributed by atoms with Crippen molar-refractivity contribution in [3.63, 3.8) is 0 Å². The number of carbonyl (C=O) groups excluding carboxylic acids is 1. The monoisotopic (exact) mass is 309 g/mol. The Balaban J connectivity index is 1.80. The van der Waals surface area contributed by atoms with Gasteiger partial charge in [0.25, 0.3) is 5.91 Å². The van der Waals surface area contributed by atoms with Crippen molar-refractivity contribution in [3.05, 3.63) is 36.0 Å². The zero-order valence-corrected chi connectivity index (χ0v) is 13.0. The zero-order valence-electron chi connectivity index (χ0n) is 12.2. The van der Waals surface area contributed by atoms with Gasteiger partial charge in [0, 0.05) is 39.7 Å². The number of ether oxygens (including phenoxy) is 1. The molecule has 0 aliphatic carbocycles. The minimum absolute atomic E-state index is 0.195. The molecule has 7 heteroatoms. The Kier molecular flexibility index (Phi) is 5.89. The second kappa shape index (κ2) is 7.90. The highest BCUT2D eigenvalue weighted by atomic mass is 32.2. The first-order chi connectivity index (χ1) is 10.2. The third-order valence-corrected chi connectivity index (χ3v) is 3.90. The third-order valence-electron chi connectivity index (χ3n) is 2.82. The maximum absolute atomic E-state index is 11.8. The first-order valence-corrected chi connectivity index (χ1v) is 7.65. The Bertz CT molecular complexity index is 580. The molecular weight excluding hydrogens is 290 g/mol. The smallest absolute Gasteiger partial charge is 0.286 e. The summed E-state index contributed by atoms with van der Waals surface area (Å²) in [5.74, 6) is 1.54. The normalized spacial score (nSPS) is 10.8. The highest BCUT2D eigenvalue weighted by Crippen LogP contribution is 2.21. The molecule has 0 unspecified atom stereocenters. The summed E-state index contributed by atoms with van der Waals surface area (Å²) in [6.45, 7) is 1.20. The number of aromatic nitrogens is 2. The lowest BCUT2D eigenvalue weighted by Gasteiger charge is -2.02. The summed E-state index contributed by atoms with van der Waals surface area (Å²) < 4.78 is 12.4. The summed E-state index contributed by atoms with van der Waals surface area (Å²) in [5, 5.41) is 3.70. The van der Waals surface area contributed by atoms with Crippen molar-refractivity contribution in [2.75, 3.05) is 20.3 Å². The quantitative estimate of drug-likeness (QED) is 0.597. The van der Waals surface area contributed by atoms with Gasteiger partial charge in [0.1, 0.15) is 5.76 Å². The van der Waals surface area contributed by atoms with E-state index in [4.69, 9.17) is 9.15 Å². The van der Waals surface area contributed by atoms with E-state index in [0.717, 1.165) is 17.3 Å². The first-order valence-electron chi connectivity index (χ1n) is 6.66. The Morgan fingerprint density at radius 2 is 2.38 bits per heavy atom. The van der Waals surface area contributed by atoms with Crippen molar-refractivity contribution < 1.29 is 13.9 Å². The lowest BCUT2D eigenvalue weighted by molar-refractivity contribution is 0.0919. The fourth-order valence-electron chi connectivity index (χ4n) is 1.71. The van der Waals surface area contributed by atoms with Crippen LogP contribution in [0.1, 0.15) is 22.7 Å². The maximum atomic E-state index is 11.8. The summed E-state index contributed by atoms with van der Waals surface area (Å²) in [6, 6.07) is 3.51. The fourth-order valence-corrected chi connectivity index (χ4v) is 2.54.